The largest absolute Gasteiger partial charge is 0.497 e. The number of rotatable bonds is 9. The average molecular weight is 516 g/mol. The number of hydrogen-bond donors (Lipinski definition) is 1. The molecule has 8 nitrogen and oxygen atoms in total. The number of likely N-dealkylation sites (N-methyl/N-ethyl adjacent to an activating group) is 1. The molecule has 8 heteroatoms. The van der Waals surface area contributed by atoms with Crippen LogP contribution in [0.15, 0.2) is 72.8 Å². The van der Waals surface area contributed by atoms with Crippen molar-refractivity contribution >= 4 is 23.6 Å². The minimum absolute atomic E-state index is 0.156. The molecule has 4 rings (SSSR count). The molecule has 1 heterocycles. The lowest BCUT2D eigenvalue weighted by Gasteiger charge is -2.29. The molecule has 0 aliphatic carbocycles. The molecule has 2 unspecified atom stereocenters. The third kappa shape index (κ3) is 5.64. The quantitative estimate of drug-likeness (QED) is 0.424. The van der Waals surface area contributed by atoms with E-state index in [0.29, 0.717) is 35.7 Å². The molecule has 0 spiro atoms. The van der Waals surface area contributed by atoms with Crippen LogP contribution in [-0.4, -0.2) is 53.9 Å². The summed E-state index contributed by atoms with van der Waals surface area (Å²) in [6.07, 6.45) is -1.30. The van der Waals surface area contributed by atoms with Gasteiger partial charge in [-0.1, -0.05) is 36.4 Å². The fraction of sp³-hybridized carbons (Fsp3) is 0.300. The highest BCUT2D eigenvalue weighted by Crippen LogP contribution is 2.35. The van der Waals surface area contributed by atoms with Crippen LogP contribution < -0.4 is 10.1 Å². The first kappa shape index (κ1) is 26.7. The molecule has 1 aliphatic rings. The number of amides is 3. The van der Waals surface area contributed by atoms with Crippen LogP contribution in [-0.2, 0) is 16.1 Å². The fourth-order valence-electron chi connectivity index (χ4n) is 4.59. The summed E-state index contributed by atoms with van der Waals surface area (Å²) < 4.78 is 10.9. The summed E-state index contributed by atoms with van der Waals surface area (Å²) in [7, 11) is 1.57. The van der Waals surface area contributed by atoms with Gasteiger partial charge in [-0.3, -0.25) is 14.5 Å². The molecule has 3 aromatic rings. The molecule has 198 valence electrons. The predicted molar refractivity (Wildman–Crippen MR) is 145 cm³/mol. The van der Waals surface area contributed by atoms with Crippen molar-refractivity contribution in [3.8, 4) is 5.75 Å². The number of nitrogens with zero attached hydrogens (tertiary/aromatic N) is 2. The van der Waals surface area contributed by atoms with Gasteiger partial charge in [0.15, 0.2) is 12.1 Å². The van der Waals surface area contributed by atoms with Crippen LogP contribution in [0.25, 0.3) is 0 Å². The van der Waals surface area contributed by atoms with Crippen LogP contribution in [0, 0.1) is 6.92 Å². The van der Waals surface area contributed by atoms with E-state index in [9.17, 15) is 14.4 Å². The molecule has 1 N–H and O–H groups in total. The predicted octanol–water partition coefficient (Wildman–Crippen LogP) is 5.19. The van der Waals surface area contributed by atoms with Gasteiger partial charge < -0.3 is 19.7 Å². The summed E-state index contributed by atoms with van der Waals surface area (Å²) in [6.45, 7) is 7.15. The number of anilines is 1. The van der Waals surface area contributed by atoms with Crippen molar-refractivity contribution < 1.29 is 23.9 Å². The van der Waals surface area contributed by atoms with E-state index in [1.165, 1.54) is 4.90 Å². The highest BCUT2D eigenvalue weighted by Gasteiger charge is 2.48. The maximum absolute atomic E-state index is 13.6. The summed E-state index contributed by atoms with van der Waals surface area (Å²) in [5.74, 6) is 0.255. The van der Waals surface area contributed by atoms with E-state index in [4.69, 9.17) is 9.47 Å². The van der Waals surface area contributed by atoms with Crippen molar-refractivity contribution in [3.63, 3.8) is 0 Å². The number of carbonyl (C=O) groups excluding carboxylic acids is 3. The lowest BCUT2D eigenvalue weighted by molar-refractivity contribution is -0.136. The Hall–Kier alpha value is -4.33. The zero-order chi connectivity index (χ0) is 27.2. The highest BCUT2D eigenvalue weighted by atomic mass is 16.6. The van der Waals surface area contributed by atoms with Crippen molar-refractivity contribution in [1.82, 2.24) is 9.80 Å². The summed E-state index contributed by atoms with van der Waals surface area (Å²) in [5.41, 5.74) is 3.76. The summed E-state index contributed by atoms with van der Waals surface area (Å²) >= 11 is 0. The van der Waals surface area contributed by atoms with Crippen LogP contribution in [0.2, 0.25) is 0 Å². The summed E-state index contributed by atoms with van der Waals surface area (Å²) in [6, 6.07) is 20.9. The summed E-state index contributed by atoms with van der Waals surface area (Å²) in [5, 5.41) is 2.87. The van der Waals surface area contributed by atoms with Gasteiger partial charge in [-0.15, -0.1) is 0 Å². The Labute approximate surface area is 223 Å². The Morgan fingerprint density at radius 1 is 0.974 bits per heavy atom. The Morgan fingerprint density at radius 2 is 1.63 bits per heavy atom. The first-order valence-corrected chi connectivity index (χ1v) is 12.7. The maximum atomic E-state index is 13.6. The zero-order valence-corrected chi connectivity index (χ0v) is 22.1. The van der Waals surface area contributed by atoms with E-state index in [-0.39, 0.29) is 18.4 Å². The van der Waals surface area contributed by atoms with E-state index >= 15 is 0 Å². The lowest BCUT2D eigenvalue weighted by Crippen LogP contribution is -2.48. The summed E-state index contributed by atoms with van der Waals surface area (Å²) in [4.78, 5) is 42.6. The normalized spacial score (nSPS) is 16.6. The first-order chi connectivity index (χ1) is 18.4. The van der Waals surface area contributed by atoms with Crippen molar-refractivity contribution in [2.45, 2.75) is 39.5 Å². The third-order valence-corrected chi connectivity index (χ3v) is 6.86. The van der Waals surface area contributed by atoms with Crippen LogP contribution in [0.4, 0.5) is 10.5 Å². The first-order valence-electron chi connectivity index (χ1n) is 12.7. The fourth-order valence-corrected chi connectivity index (χ4v) is 4.59. The van der Waals surface area contributed by atoms with Gasteiger partial charge in [0.05, 0.1) is 13.7 Å². The van der Waals surface area contributed by atoms with Crippen molar-refractivity contribution in [2.24, 2.45) is 0 Å². The number of nitrogens with one attached hydrogen (secondary N) is 1. The monoisotopic (exact) mass is 515 g/mol. The Morgan fingerprint density at radius 3 is 2.24 bits per heavy atom. The molecular formula is C30H33N3O5. The minimum atomic E-state index is -0.804. The van der Waals surface area contributed by atoms with Crippen LogP contribution in [0.3, 0.4) is 0 Å². The van der Waals surface area contributed by atoms with Crippen LogP contribution in [0.5, 0.6) is 5.75 Å². The standard InChI is InChI=1S/C30H33N3O5/c1-5-32(6-2)29(35)26-27(38-30(36)33(26)19-23-10-8-7-9-20(23)3)21-11-15-24(16-12-21)31-28(34)22-13-17-25(37-4)18-14-22/h7-18,26-27H,5-6,19H2,1-4H3,(H,31,34). The van der Waals surface area contributed by atoms with Gasteiger partial charge in [-0.05, 0) is 73.9 Å². The van der Waals surface area contributed by atoms with E-state index in [1.807, 2.05) is 45.0 Å². The molecule has 0 saturated carbocycles. The van der Waals surface area contributed by atoms with E-state index in [2.05, 4.69) is 5.32 Å². The molecule has 3 aromatic carbocycles. The molecule has 1 aliphatic heterocycles. The maximum Gasteiger partial charge on any atom is 0.411 e. The smallest absolute Gasteiger partial charge is 0.411 e. The number of cyclic esters (lactones) is 1. The number of methoxy groups -OCH3 is 1. The molecule has 1 fully saturated rings. The van der Waals surface area contributed by atoms with Crippen molar-refractivity contribution in [1.29, 1.82) is 0 Å². The number of aryl methyl sites for hydroxylation is 1. The molecule has 0 aromatic heterocycles. The second-order valence-electron chi connectivity index (χ2n) is 9.12. The van der Waals surface area contributed by atoms with Gasteiger partial charge in [0.2, 0.25) is 5.91 Å². The van der Waals surface area contributed by atoms with Crippen molar-refractivity contribution in [2.75, 3.05) is 25.5 Å². The van der Waals surface area contributed by atoms with Gasteiger partial charge in [0.25, 0.3) is 5.91 Å². The zero-order valence-electron chi connectivity index (χ0n) is 22.1. The van der Waals surface area contributed by atoms with Gasteiger partial charge in [0.1, 0.15) is 5.75 Å². The molecule has 0 radical (unpaired) electrons. The highest BCUT2D eigenvalue weighted by molar-refractivity contribution is 6.04. The molecular weight excluding hydrogens is 482 g/mol. The second kappa shape index (κ2) is 11.8. The SMILES string of the molecule is CCN(CC)C(=O)C1C(c2ccc(NC(=O)c3ccc(OC)cc3)cc2)OC(=O)N1Cc1ccccc1C. The topological polar surface area (TPSA) is 88.2 Å². The van der Waals surface area contributed by atoms with Gasteiger partial charge in [-0.25, -0.2) is 4.79 Å². The average Bonchev–Trinajstić information content (AvgIpc) is 3.26. The van der Waals surface area contributed by atoms with E-state index in [0.717, 1.165) is 11.1 Å². The van der Waals surface area contributed by atoms with E-state index in [1.54, 1.807) is 60.5 Å². The molecule has 2 atom stereocenters. The van der Waals surface area contributed by atoms with Gasteiger partial charge >= 0.3 is 6.09 Å². The third-order valence-electron chi connectivity index (χ3n) is 6.86. The number of carbonyl (C=O) groups is 3. The van der Waals surface area contributed by atoms with Crippen molar-refractivity contribution in [3.05, 3.63) is 95.1 Å². The molecule has 38 heavy (non-hydrogen) atoms. The number of benzene rings is 3. The minimum Gasteiger partial charge on any atom is -0.497 e. The van der Waals surface area contributed by atoms with Gasteiger partial charge in [0, 0.05) is 24.3 Å². The Balaban J connectivity index is 1.57. The van der Waals surface area contributed by atoms with Crippen LogP contribution >= 0.6 is 0 Å². The Kier molecular flexibility index (Phi) is 8.31. The molecule has 0 bridgehead atoms. The number of ether oxygens (including phenoxy) is 2. The Bertz CT molecular complexity index is 1290. The second-order valence-corrected chi connectivity index (χ2v) is 9.12. The van der Waals surface area contributed by atoms with Crippen LogP contribution in [0.1, 0.15) is 47.0 Å². The number of hydrogen-bond acceptors (Lipinski definition) is 5. The molecule has 1 saturated heterocycles. The lowest BCUT2D eigenvalue weighted by atomic mass is 9.99. The van der Waals surface area contributed by atoms with E-state index < -0.39 is 18.2 Å². The molecule has 3 amide bonds. The van der Waals surface area contributed by atoms with Gasteiger partial charge in [-0.2, -0.15) is 0 Å².